The molecule has 2 aromatic carbocycles. The predicted octanol–water partition coefficient (Wildman–Crippen LogP) is 3.23. The summed E-state index contributed by atoms with van der Waals surface area (Å²) < 4.78 is 6.72. The van der Waals surface area contributed by atoms with Crippen LogP contribution in [0.1, 0.15) is 27.6 Å². The Bertz CT molecular complexity index is 762. The molecule has 0 aliphatic rings. The molecule has 0 radical (unpaired) electrons. The first-order chi connectivity index (χ1) is 10.9. The Kier molecular flexibility index (Phi) is 5.79. The zero-order valence-corrected chi connectivity index (χ0v) is 15.2. The second-order valence-electron chi connectivity index (χ2n) is 4.50. The Morgan fingerprint density at radius 3 is 2.30 bits per heavy atom. The second-order valence-corrected chi connectivity index (χ2v) is 6.34. The number of halogens is 2. The summed E-state index contributed by atoms with van der Waals surface area (Å²) in [6.07, 6.45) is 0. The molecule has 2 aromatic rings. The lowest BCUT2D eigenvalue weighted by Gasteiger charge is -2.14. The van der Waals surface area contributed by atoms with Gasteiger partial charge in [-0.15, -0.1) is 0 Å². The minimum atomic E-state index is -1.37. The van der Waals surface area contributed by atoms with Crippen LogP contribution in [0.3, 0.4) is 0 Å². The average molecular weight is 442 g/mol. The van der Waals surface area contributed by atoms with Gasteiger partial charge in [0, 0.05) is 14.5 Å². The number of ether oxygens (including phenoxy) is 1. The summed E-state index contributed by atoms with van der Waals surface area (Å²) in [5, 5.41) is 13.8. The van der Waals surface area contributed by atoms with Crippen molar-refractivity contribution in [3.8, 4) is 5.75 Å². The van der Waals surface area contributed by atoms with E-state index < -0.39 is 11.9 Å². The van der Waals surface area contributed by atoms with Gasteiger partial charge in [0.1, 0.15) is 5.75 Å². The molecule has 0 aliphatic heterocycles. The Hall–Kier alpha value is -1.86. The van der Waals surface area contributed by atoms with E-state index in [0.717, 1.165) is 0 Å². The zero-order chi connectivity index (χ0) is 17.0. The van der Waals surface area contributed by atoms with Crippen LogP contribution in [0.4, 0.5) is 5.69 Å². The monoisotopic (exact) mass is 440 g/mol. The summed E-state index contributed by atoms with van der Waals surface area (Å²) >= 11 is 6.49. The molecule has 2 rings (SSSR count). The summed E-state index contributed by atoms with van der Waals surface area (Å²) in [6.45, 7) is 2.22. The van der Waals surface area contributed by atoms with Crippen LogP contribution < -0.4 is 15.2 Å². The third kappa shape index (κ3) is 4.33. The standard InChI is InChI=1S/C16H13Br2NO4/c1-2-23-14-6-4-10(18)8-12(14)15(20)19-13-5-3-9(17)7-11(13)16(21)22/h3-8H,2H2,1H3,(H,19,20)(H,21,22)/p-1. The number of rotatable bonds is 5. The largest absolute Gasteiger partial charge is 0.545 e. The molecule has 120 valence electrons. The van der Waals surface area contributed by atoms with Crippen molar-refractivity contribution in [3.05, 3.63) is 56.5 Å². The SMILES string of the molecule is CCOc1ccc(Br)cc1C(=O)Nc1ccc(Br)cc1C(=O)[O-]. The maximum absolute atomic E-state index is 12.5. The highest BCUT2D eigenvalue weighted by molar-refractivity contribution is 9.10. The van der Waals surface area contributed by atoms with Crippen LogP contribution in [0.15, 0.2) is 45.3 Å². The molecule has 0 saturated carbocycles. The summed E-state index contributed by atoms with van der Waals surface area (Å²) in [4.78, 5) is 23.7. The zero-order valence-electron chi connectivity index (χ0n) is 12.1. The van der Waals surface area contributed by atoms with E-state index in [1.807, 2.05) is 6.92 Å². The van der Waals surface area contributed by atoms with Crippen LogP contribution in [0.25, 0.3) is 0 Å². The number of hydrogen-bond acceptors (Lipinski definition) is 4. The molecule has 0 spiro atoms. The first-order valence-corrected chi connectivity index (χ1v) is 8.25. The molecule has 0 heterocycles. The van der Waals surface area contributed by atoms with Crippen LogP contribution >= 0.6 is 31.9 Å². The molecule has 7 heteroatoms. The molecule has 0 saturated heterocycles. The van der Waals surface area contributed by atoms with Crippen LogP contribution in [0, 0.1) is 0 Å². The molecule has 23 heavy (non-hydrogen) atoms. The summed E-state index contributed by atoms with van der Waals surface area (Å²) in [5.41, 5.74) is 0.342. The number of amides is 1. The van der Waals surface area contributed by atoms with E-state index in [9.17, 15) is 14.7 Å². The van der Waals surface area contributed by atoms with E-state index in [4.69, 9.17) is 4.74 Å². The number of benzene rings is 2. The highest BCUT2D eigenvalue weighted by Crippen LogP contribution is 2.26. The lowest BCUT2D eigenvalue weighted by atomic mass is 10.1. The highest BCUT2D eigenvalue weighted by Gasteiger charge is 2.15. The number of nitrogens with one attached hydrogen (secondary N) is 1. The van der Waals surface area contributed by atoms with E-state index in [2.05, 4.69) is 37.2 Å². The molecule has 0 bridgehead atoms. The third-order valence-corrected chi connectivity index (χ3v) is 3.92. The van der Waals surface area contributed by atoms with E-state index in [0.29, 0.717) is 26.9 Å². The molecule has 0 fully saturated rings. The minimum absolute atomic E-state index is 0.110. The molecule has 0 aromatic heterocycles. The topological polar surface area (TPSA) is 78.5 Å². The number of anilines is 1. The van der Waals surface area contributed by atoms with E-state index in [1.54, 1.807) is 24.3 Å². The molecule has 5 nitrogen and oxygen atoms in total. The molecule has 0 unspecified atom stereocenters. The van der Waals surface area contributed by atoms with Crippen molar-refractivity contribution < 1.29 is 19.4 Å². The van der Waals surface area contributed by atoms with Gasteiger partial charge in [0.2, 0.25) is 0 Å². The van der Waals surface area contributed by atoms with Crippen molar-refractivity contribution in [2.24, 2.45) is 0 Å². The van der Waals surface area contributed by atoms with Gasteiger partial charge >= 0.3 is 0 Å². The summed E-state index contributed by atoms with van der Waals surface area (Å²) in [5.74, 6) is -1.43. The fourth-order valence-electron chi connectivity index (χ4n) is 1.95. The fourth-order valence-corrected chi connectivity index (χ4v) is 2.67. The van der Waals surface area contributed by atoms with Gasteiger partial charge in [-0.25, -0.2) is 0 Å². The van der Waals surface area contributed by atoms with Crippen LogP contribution in [0.5, 0.6) is 5.75 Å². The number of carbonyl (C=O) groups is 2. The average Bonchev–Trinajstić information content (AvgIpc) is 2.50. The Morgan fingerprint density at radius 2 is 1.70 bits per heavy atom. The van der Waals surface area contributed by atoms with Gasteiger partial charge in [0.05, 0.1) is 23.8 Å². The van der Waals surface area contributed by atoms with Crippen LogP contribution in [0.2, 0.25) is 0 Å². The molecule has 1 N–H and O–H groups in total. The van der Waals surface area contributed by atoms with Gasteiger partial charge in [0.25, 0.3) is 5.91 Å². The van der Waals surface area contributed by atoms with E-state index >= 15 is 0 Å². The van der Waals surface area contributed by atoms with E-state index in [-0.39, 0.29) is 11.3 Å². The van der Waals surface area contributed by atoms with Gasteiger partial charge in [0.15, 0.2) is 0 Å². The number of carboxylic acid groups (broad SMARTS) is 1. The smallest absolute Gasteiger partial charge is 0.259 e. The molecule has 0 atom stereocenters. The highest BCUT2D eigenvalue weighted by atomic mass is 79.9. The van der Waals surface area contributed by atoms with Crippen LogP contribution in [-0.4, -0.2) is 18.5 Å². The molecular weight excluding hydrogens is 430 g/mol. The molecule has 1 amide bonds. The normalized spacial score (nSPS) is 10.2. The number of aromatic carboxylic acids is 1. The predicted molar refractivity (Wildman–Crippen MR) is 91.7 cm³/mol. The van der Waals surface area contributed by atoms with Gasteiger partial charge < -0.3 is 20.0 Å². The van der Waals surface area contributed by atoms with Crippen molar-refractivity contribution in [1.82, 2.24) is 0 Å². The van der Waals surface area contributed by atoms with Crippen molar-refractivity contribution in [2.45, 2.75) is 6.92 Å². The van der Waals surface area contributed by atoms with Crippen LogP contribution in [-0.2, 0) is 0 Å². The summed E-state index contributed by atoms with van der Waals surface area (Å²) in [7, 11) is 0. The van der Waals surface area contributed by atoms with Crippen molar-refractivity contribution in [1.29, 1.82) is 0 Å². The van der Waals surface area contributed by atoms with E-state index in [1.165, 1.54) is 12.1 Å². The number of carboxylic acids is 1. The van der Waals surface area contributed by atoms with Gasteiger partial charge in [-0.3, -0.25) is 4.79 Å². The van der Waals surface area contributed by atoms with Crippen molar-refractivity contribution in [2.75, 3.05) is 11.9 Å². The Balaban J connectivity index is 2.37. The first-order valence-electron chi connectivity index (χ1n) is 6.67. The second kappa shape index (κ2) is 7.61. The fraction of sp³-hybridized carbons (Fsp3) is 0.125. The third-order valence-electron chi connectivity index (χ3n) is 2.94. The van der Waals surface area contributed by atoms with Crippen molar-refractivity contribution in [3.63, 3.8) is 0 Å². The molecule has 0 aliphatic carbocycles. The Morgan fingerprint density at radius 1 is 1.09 bits per heavy atom. The Labute approximate surface area is 149 Å². The lowest BCUT2D eigenvalue weighted by molar-refractivity contribution is -0.254. The lowest BCUT2D eigenvalue weighted by Crippen LogP contribution is -2.25. The maximum atomic E-state index is 12.5. The summed E-state index contributed by atoms with van der Waals surface area (Å²) in [6, 6.07) is 9.53. The minimum Gasteiger partial charge on any atom is -0.545 e. The van der Waals surface area contributed by atoms with Crippen molar-refractivity contribution >= 4 is 49.4 Å². The quantitative estimate of drug-likeness (QED) is 0.772. The number of carbonyl (C=O) groups excluding carboxylic acids is 2. The van der Waals surface area contributed by atoms with Gasteiger partial charge in [-0.1, -0.05) is 31.9 Å². The first kappa shape index (κ1) is 17.5. The van der Waals surface area contributed by atoms with Gasteiger partial charge in [-0.2, -0.15) is 0 Å². The maximum Gasteiger partial charge on any atom is 0.259 e. The van der Waals surface area contributed by atoms with Gasteiger partial charge in [-0.05, 0) is 43.3 Å². The molecular formula is C16H12Br2NO4-. The number of hydrogen-bond donors (Lipinski definition) is 1.